The summed E-state index contributed by atoms with van der Waals surface area (Å²) in [7, 11) is 3.17. The monoisotopic (exact) mass is 273 g/mol. The van der Waals surface area contributed by atoms with Crippen LogP contribution in [0.4, 0.5) is 0 Å². The van der Waals surface area contributed by atoms with Crippen molar-refractivity contribution in [2.24, 2.45) is 0 Å². The van der Waals surface area contributed by atoms with Crippen molar-refractivity contribution in [3.8, 4) is 11.5 Å². The second-order valence-corrected chi connectivity index (χ2v) is 4.61. The summed E-state index contributed by atoms with van der Waals surface area (Å²) >= 11 is 6.12. The second kappa shape index (κ2) is 6.83. The molecular formula is C13H20ClNO3. The van der Waals surface area contributed by atoms with Crippen LogP contribution in [0.2, 0.25) is 5.02 Å². The first-order valence-electron chi connectivity index (χ1n) is 5.81. The summed E-state index contributed by atoms with van der Waals surface area (Å²) in [4.78, 5) is 0. The van der Waals surface area contributed by atoms with Gasteiger partial charge in [-0.25, -0.2) is 0 Å². The van der Waals surface area contributed by atoms with Crippen molar-refractivity contribution in [3.05, 3.63) is 22.7 Å². The zero-order valence-electron chi connectivity index (χ0n) is 11.2. The third-order valence-electron chi connectivity index (χ3n) is 2.78. The molecule has 18 heavy (non-hydrogen) atoms. The molecule has 0 aliphatic carbocycles. The van der Waals surface area contributed by atoms with E-state index in [0.29, 0.717) is 16.5 Å². The highest BCUT2D eigenvalue weighted by Gasteiger charge is 2.16. The van der Waals surface area contributed by atoms with Crippen LogP contribution in [0.3, 0.4) is 0 Å². The van der Waals surface area contributed by atoms with Gasteiger partial charge in [-0.2, -0.15) is 0 Å². The predicted octanol–water partition coefficient (Wildman–Crippen LogP) is 2.39. The number of rotatable bonds is 6. The number of nitrogens with one attached hydrogen (secondary N) is 1. The third-order valence-corrected chi connectivity index (χ3v) is 3.07. The molecule has 0 bridgehead atoms. The molecule has 0 saturated heterocycles. The molecule has 5 heteroatoms. The van der Waals surface area contributed by atoms with Crippen LogP contribution in [0.5, 0.6) is 11.5 Å². The second-order valence-electron chi connectivity index (χ2n) is 4.20. The minimum Gasteiger partial charge on any atom is -0.496 e. The molecule has 0 heterocycles. The van der Waals surface area contributed by atoms with Crippen LogP contribution in [0.15, 0.2) is 12.1 Å². The molecule has 2 N–H and O–H groups in total. The summed E-state index contributed by atoms with van der Waals surface area (Å²) in [6.07, 6.45) is 0. The highest BCUT2D eigenvalue weighted by molar-refractivity contribution is 6.32. The summed E-state index contributed by atoms with van der Waals surface area (Å²) in [6.45, 7) is 3.98. The molecule has 4 nitrogen and oxygen atoms in total. The Morgan fingerprint density at radius 1 is 1.22 bits per heavy atom. The lowest BCUT2D eigenvalue weighted by molar-refractivity contribution is 0.242. The Morgan fingerprint density at radius 2 is 1.83 bits per heavy atom. The number of halogens is 1. The Balaban J connectivity index is 3.03. The number of ether oxygens (including phenoxy) is 2. The largest absolute Gasteiger partial charge is 0.496 e. The van der Waals surface area contributed by atoms with E-state index in [0.717, 1.165) is 5.56 Å². The van der Waals surface area contributed by atoms with E-state index in [4.69, 9.17) is 26.2 Å². The van der Waals surface area contributed by atoms with Crippen molar-refractivity contribution in [3.63, 3.8) is 0 Å². The summed E-state index contributed by atoms with van der Waals surface area (Å²) in [5.74, 6) is 1.29. The van der Waals surface area contributed by atoms with Gasteiger partial charge in [0.1, 0.15) is 11.5 Å². The number of aliphatic hydroxyl groups excluding tert-OH is 1. The van der Waals surface area contributed by atoms with E-state index < -0.39 is 0 Å². The fraction of sp³-hybridized carbons (Fsp3) is 0.538. The molecule has 0 amide bonds. The van der Waals surface area contributed by atoms with Crippen LogP contribution in [-0.4, -0.2) is 32.0 Å². The molecule has 0 spiro atoms. The summed E-state index contributed by atoms with van der Waals surface area (Å²) in [5, 5.41) is 12.9. The van der Waals surface area contributed by atoms with Crippen molar-refractivity contribution in [1.29, 1.82) is 0 Å². The van der Waals surface area contributed by atoms with Gasteiger partial charge in [0.25, 0.3) is 0 Å². The van der Waals surface area contributed by atoms with Gasteiger partial charge >= 0.3 is 0 Å². The predicted molar refractivity (Wildman–Crippen MR) is 72.7 cm³/mol. The zero-order chi connectivity index (χ0) is 13.7. The molecule has 1 aromatic carbocycles. The van der Waals surface area contributed by atoms with E-state index in [2.05, 4.69) is 5.32 Å². The first kappa shape index (κ1) is 15.1. The van der Waals surface area contributed by atoms with Crippen LogP contribution in [-0.2, 0) is 0 Å². The van der Waals surface area contributed by atoms with Gasteiger partial charge in [-0.05, 0) is 19.9 Å². The average molecular weight is 274 g/mol. The van der Waals surface area contributed by atoms with Gasteiger partial charge in [0.05, 0.1) is 25.8 Å². The number of methoxy groups -OCH3 is 2. The maximum atomic E-state index is 9.05. The van der Waals surface area contributed by atoms with Gasteiger partial charge < -0.3 is 19.9 Å². The summed E-state index contributed by atoms with van der Waals surface area (Å²) in [6, 6.07) is 3.61. The van der Waals surface area contributed by atoms with Gasteiger partial charge in [-0.3, -0.25) is 0 Å². The molecule has 0 saturated carbocycles. The lowest BCUT2D eigenvalue weighted by Crippen LogP contribution is -2.31. The maximum absolute atomic E-state index is 9.05. The average Bonchev–Trinajstić information content (AvgIpc) is 2.38. The molecule has 102 valence electrons. The molecular weight excluding hydrogens is 254 g/mol. The van der Waals surface area contributed by atoms with E-state index >= 15 is 0 Å². The van der Waals surface area contributed by atoms with Crippen LogP contribution in [0, 0.1) is 0 Å². The Morgan fingerprint density at radius 3 is 2.33 bits per heavy atom. The smallest absolute Gasteiger partial charge is 0.141 e. The minimum absolute atomic E-state index is 0.00517. The lowest BCUT2D eigenvalue weighted by atomic mass is 10.1. The van der Waals surface area contributed by atoms with Gasteiger partial charge in [0.15, 0.2) is 0 Å². The standard InChI is InChI=1S/C13H20ClNO3/c1-8(7-16)15-9(2)10-5-11(14)13(18-4)6-12(10)17-3/h5-6,8-9,15-16H,7H2,1-4H3/t8-,9?/m1/s1. The number of benzene rings is 1. The minimum atomic E-state index is 0.00517. The molecule has 0 aromatic heterocycles. The van der Waals surface area contributed by atoms with Crippen LogP contribution in [0.1, 0.15) is 25.5 Å². The Labute approximate surface area is 113 Å². The molecule has 1 rings (SSSR count). The van der Waals surface area contributed by atoms with E-state index in [1.54, 1.807) is 20.3 Å². The normalized spacial score (nSPS) is 14.1. The summed E-state index contributed by atoms with van der Waals surface area (Å²) in [5.41, 5.74) is 0.934. The number of hydrogen-bond donors (Lipinski definition) is 2. The molecule has 1 aromatic rings. The van der Waals surface area contributed by atoms with Gasteiger partial charge in [0, 0.05) is 23.7 Å². The first-order valence-corrected chi connectivity index (χ1v) is 6.19. The quantitative estimate of drug-likeness (QED) is 0.836. The highest BCUT2D eigenvalue weighted by Crippen LogP contribution is 2.35. The van der Waals surface area contributed by atoms with Gasteiger partial charge in [-0.1, -0.05) is 11.6 Å². The van der Waals surface area contributed by atoms with E-state index in [-0.39, 0.29) is 18.7 Å². The van der Waals surface area contributed by atoms with E-state index in [9.17, 15) is 0 Å². The SMILES string of the molecule is COc1cc(OC)c(C(C)N[C@H](C)CO)cc1Cl. The molecule has 0 fully saturated rings. The molecule has 0 radical (unpaired) electrons. The Bertz CT molecular complexity index is 398. The molecule has 0 aliphatic heterocycles. The summed E-state index contributed by atoms with van der Waals surface area (Å²) < 4.78 is 10.5. The topological polar surface area (TPSA) is 50.7 Å². The maximum Gasteiger partial charge on any atom is 0.141 e. The molecule has 2 atom stereocenters. The van der Waals surface area contributed by atoms with Crippen molar-refractivity contribution in [1.82, 2.24) is 5.32 Å². The van der Waals surface area contributed by atoms with Gasteiger partial charge in [-0.15, -0.1) is 0 Å². The molecule has 1 unspecified atom stereocenters. The number of hydrogen-bond acceptors (Lipinski definition) is 4. The van der Waals surface area contributed by atoms with Crippen LogP contribution < -0.4 is 14.8 Å². The Hall–Kier alpha value is -0.970. The van der Waals surface area contributed by atoms with Crippen molar-refractivity contribution in [2.45, 2.75) is 25.9 Å². The van der Waals surface area contributed by atoms with E-state index in [1.807, 2.05) is 19.9 Å². The highest BCUT2D eigenvalue weighted by atomic mass is 35.5. The zero-order valence-corrected chi connectivity index (χ0v) is 11.9. The van der Waals surface area contributed by atoms with Crippen molar-refractivity contribution in [2.75, 3.05) is 20.8 Å². The van der Waals surface area contributed by atoms with Crippen LogP contribution in [0.25, 0.3) is 0 Å². The van der Waals surface area contributed by atoms with Crippen LogP contribution >= 0.6 is 11.6 Å². The van der Waals surface area contributed by atoms with Crippen molar-refractivity contribution >= 4 is 11.6 Å². The Kier molecular flexibility index (Phi) is 5.72. The fourth-order valence-electron chi connectivity index (χ4n) is 1.79. The van der Waals surface area contributed by atoms with Crippen molar-refractivity contribution < 1.29 is 14.6 Å². The molecule has 0 aliphatic rings. The first-order chi connectivity index (χ1) is 8.53. The van der Waals surface area contributed by atoms with E-state index in [1.165, 1.54) is 0 Å². The third kappa shape index (κ3) is 3.51. The lowest BCUT2D eigenvalue weighted by Gasteiger charge is -2.21. The fourth-order valence-corrected chi connectivity index (χ4v) is 2.04. The number of aliphatic hydroxyl groups is 1. The van der Waals surface area contributed by atoms with Gasteiger partial charge in [0.2, 0.25) is 0 Å².